The van der Waals surface area contributed by atoms with Gasteiger partial charge in [-0.25, -0.2) is 4.79 Å². The molecule has 0 spiro atoms. The van der Waals surface area contributed by atoms with Crippen molar-refractivity contribution < 1.29 is 14.3 Å². The van der Waals surface area contributed by atoms with Gasteiger partial charge in [-0.2, -0.15) is 0 Å². The van der Waals surface area contributed by atoms with Gasteiger partial charge in [-0.15, -0.1) is 0 Å². The summed E-state index contributed by atoms with van der Waals surface area (Å²) < 4.78 is 6.10. The molecule has 0 radical (unpaired) electrons. The minimum atomic E-state index is -0.391. The molecule has 3 rings (SSSR count). The maximum absolute atomic E-state index is 13.0. The quantitative estimate of drug-likeness (QED) is 0.544. The molecule has 0 amide bonds. The number of ketones is 1. The average molecular weight is 451 g/mol. The summed E-state index contributed by atoms with van der Waals surface area (Å²) in [4.78, 5) is 25.5. The topological polar surface area (TPSA) is 55.4 Å². The number of benzene rings is 1. The molecule has 1 N–H and O–H groups in total. The van der Waals surface area contributed by atoms with Gasteiger partial charge in [0.1, 0.15) is 0 Å². The first-order valence-electron chi connectivity index (χ1n) is 8.31. The lowest BCUT2D eigenvalue weighted by molar-refractivity contribution is -0.136. The van der Waals surface area contributed by atoms with Crippen LogP contribution in [0.3, 0.4) is 0 Å². The number of esters is 1. The van der Waals surface area contributed by atoms with Crippen LogP contribution in [0.4, 0.5) is 0 Å². The second kappa shape index (κ2) is 6.59. The van der Waals surface area contributed by atoms with E-state index in [0.717, 1.165) is 26.9 Å². The van der Waals surface area contributed by atoms with Crippen molar-refractivity contribution in [3.8, 4) is 0 Å². The average Bonchev–Trinajstić information content (AvgIpc) is 2.51. The molecule has 1 heterocycles. The Balaban J connectivity index is 2.21. The molecule has 1 unspecified atom stereocenters. The zero-order valence-electron chi connectivity index (χ0n) is 14.9. The molecular weight excluding hydrogens is 429 g/mol. The highest BCUT2D eigenvalue weighted by atomic mass is 127. The Labute approximate surface area is 161 Å². The number of dihydropyridines is 1. The van der Waals surface area contributed by atoms with Crippen LogP contribution in [0.2, 0.25) is 0 Å². The van der Waals surface area contributed by atoms with Crippen molar-refractivity contribution in [2.45, 2.75) is 39.5 Å². The van der Waals surface area contributed by atoms with Crippen molar-refractivity contribution in [3.05, 3.63) is 55.9 Å². The summed E-state index contributed by atoms with van der Waals surface area (Å²) in [5.74, 6) is -0.656. The number of ether oxygens (including phenoxy) is 1. The number of hydrogen-bond donors (Lipinski definition) is 1. The second-order valence-electron chi connectivity index (χ2n) is 7.48. The Hall–Kier alpha value is -1.63. The van der Waals surface area contributed by atoms with Gasteiger partial charge in [0.05, 0.1) is 12.7 Å². The van der Waals surface area contributed by atoms with Crippen molar-refractivity contribution in [2.24, 2.45) is 5.41 Å². The zero-order chi connectivity index (χ0) is 18.4. The number of allylic oxidation sites excluding steroid dienone is 3. The number of hydrogen-bond acceptors (Lipinski definition) is 4. The number of nitrogens with one attached hydrogen (secondary N) is 1. The first-order valence-corrected chi connectivity index (χ1v) is 9.39. The van der Waals surface area contributed by atoms with E-state index in [-0.39, 0.29) is 17.1 Å². The van der Waals surface area contributed by atoms with Crippen LogP contribution in [0.5, 0.6) is 0 Å². The molecular formula is C20H22INO3. The first-order chi connectivity index (χ1) is 11.7. The zero-order valence-corrected chi connectivity index (χ0v) is 17.1. The fourth-order valence-corrected chi connectivity index (χ4v) is 4.40. The summed E-state index contributed by atoms with van der Waals surface area (Å²) in [5.41, 5.74) is 3.81. The van der Waals surface area contributed by atoms with Crippen LogP contribution >= 0.6 is 22.6 Å². The second-order valence-corrected chi connectivity index (χ2v) is 8.72. The fourth-order valence-electron chi connectivity index (χ4n) is 3.84. The van der Waals surface area contributed by atoms with Gasteiger partial charge in [0, 0.05) is 32.9 Å². The van der Waals surface area contributed by atoms with Crippen LogP contribution in [-0.4, -0.2) is 18.9 Å². The lowest BCUT2D eigenvalue weighted by Crippen LogP contribution is -2.38. The Morgan fingerprint density at radius 2 is 2.04 bits per heavy atom. The number of carbonyl (C=O) groups excluding carboxylic acids is 2. The van der Waals surface area contributed by atoms with E-state index in [1.807, 2.05) is 31.2 Å². The summed E-state index contributed by atoms with van der Waals surface area (Å²) in [6, 6.07) is 7.97. The van der Waals surface area contributed by atoms with Crippen molar-refractivity contribution in [2.75, 3.05) is 7.11 Å². The Kier molecular flexibility index (Phi) is 4.79. The molecule has 1 aromatic carbocycles. The van der Waals surface area contributed by atoms with E-state index in [4.69, 9.17) is 4.74 Å². The number of carbonyl (C=O) groups is 2. The maximum Gasteiger partial charge on any atom is 0.336 e. The molecule has 1 aliphatic carbocycles. The van der Waals surface area contributed by atoms with Crippen molar-refractivity contribution >= 4 is 34.3 Å². The third-order valence-corrected chi connectivity index (χ3v) is 5.50. The minimum Gasteiger partial charge on any atom is -0.466 e. The van der Waals surface area contributed by atoms with Crippen LogP contribution < -0.4 is 5.32 Å². The molecule has 0 saturated heterocycles. The van der Waals surface area contributed by atoms with E-state index >= 15 is 0 Å². The van der Waals surface area contributed by atoms with E-state index in [9.17, 15) is 9.59 Å². The van der Waals surface area contributed by atoms with Gasteiger partial charge in [-0.3, -0.25) is 4.79 Å². The van der Waals surface area contributed by atoms with Gasteiger partial charge in [0.25, 0.3) is 0 Å². The third kappa shape index (κ3) is 3.38. The summed E-state index contributed by atoms with van der Waals surface area (Å²) in [6.45, 7) is 6.08. The Bertz CT molecular complexity index is 820. The molecule has 0 aromatic heterocycles. The van der Waals surface area contributed by atoms with Gasteiger partial charge in [0.15, 0.2) is 5.78 Å². The molecule has 0 saturated carbocycles. The van der Waals surface area contributed by atoms with Crippen molar-refractivity contribution in [1.82, 2.24) is 5.32 Å². The Morgan fingerprint density at radius 1 is 1.32 bits per heavy atom. The van der Waals surface area contributed by atoms with Gasteiger partial charge in [0.2, 0.25) is 0 Å². The molecule has 0 fully saturated rings. The molecule has 2 aliphatic rings. The summed E-state index contributed by atoms with van der Waals surface area (Å²) >= 11 is 2.25. The fraction of sp³-hybridized carbons (Fsp3) is 0.400. The van der Waals surface area contributed by atoms with Gasteiger partial charge >= 0.3 is 5.97 Å². The molecule has 1 aromatic rings. The highest BCUT2D eigenvalue weighted by molar-refractivity contribution is 14.1. The SMILES string of the molecule is COC(=O)C1=C(C)NC2=C(C(=O)CC(C)(C)C2)C1c1cccc(I)c1. The molecule has 5 heteroatoms. The maximum atomic E-state index is 13.0. The Morgan fingerprint density at radius 3 is 2.68 bits per heavy atom. The normalized spacial score (nSPS) is 22.4. The van der Waals surface area contributed by atoms with E-state index < -0.39 is 5.97 Å². The highest BCUT2D eigenvalue weighted by Crippen LogP contribution is 2.46. The number of rotatable bonds is 2. The van der Waals surface area contributed by atoms with E-state index in [1.54, 1.807) is 0 Å². The van der Waals surface area contributed by atoms with Crippen molar-refractivity contribution in [1.29, 1.82) is 0 Å². The van der Waals surface area contributed by atoms with E-state index in [1.165, 1.54) is 7.11 Å². The van der Waals surface area contributed by atoms with E-state index in [0.29, 0.717) is 17.6 Å². The largest absolute Gasteiger partial charge is 0.466 e. The number of Topliss-reactive ketones (excluding diaryl/α,β-unsaturated/α-hetero) is 1. The van der Waals surface area contributed by atoms with Gasteiger partial charge in [-0.1, -0.05) is 26.0 Å². The lowest BCUT2D eigenvalue weighted by Gasteiger charge is -2.39. The van der Waals surface area contributed by atoms with Gasteiger partial charge < -0.3 is 10.1 Å². The molecule has 25 heavy (non-hydrogen) atoms. The van der Waals surface area contributed by atoms with Crippen LogP contribution in [0.15, 0.2) is 46.8 Å². The predicted octanol–water partition coefficient (Wildman–Crippen LogP) is 4.07. The molecule has 1 aliphatic heterocycles. The van der Waals surface area contributed by atoms with Crippen LogP contribution in [0.1, 0.15) is 45.1 Å². The minimum absolute atomic E-state index is 0.0817. The highest BCUT2D eigenvalue weighted by Gasteiger charge is 2.42. The monoisotopic (exact) mass is 451 g/mol. The first kappa shape index (κ1) is 18.2. The lowest BCUT2D eigenvalue weighted by atomic mass is 9.68. The van der Waals surface area contributed by atoms with Crippen molar-refractivity contribution in [3.63, 3.8) is 0 Å². The molecule has 132 valence electrons. The van der Waals surface area contributed by atoms with Crippen LogP contribution in [0, 0.1) is 8.99 Å². The van der Waals surface area contributed by atoms with Crippen LogP contribution in [0.25, 0.3) is 0 Å². The molecule has 4 nitrogen and oxygen atoms in total. The number of methoxy groups -OCH3 is 1. The van der Waals surface area contributed by atoms with Gasteiger partial charge in [-0.05, 0) is 59.0 Å². The van der Waals surface area contributed by atoms with Crippen LogP contribution in [-0.2, 0) is 14.3 Å². The summed E-state index contributed by atoms with van der Waals surface area (Å²) in [6.07, 6.45) is 1.28. The third-order valence-electron chi connectivity index (χ3n) is 4.83. The van der Waals surface area contributed by atoms with E-state index in [2.05, 4.69) is 41.8 Å². The molecule has 0 bridgehead atoms. The standard InChI is InChI=1S/C20H22INO3/c1-11-16(19(24)25-4)17(12-6-5-7-13(21)8-12)18-14(22-11)9-20(2,3)10-15(18)23/h5-8,17,22H,9-10H2,1-4H3. The molecule has 1 atom stereocenters. The summed E-state index contributed by atoms with van der Waals surface area (Å²) in [7, 11) is 1.38. The smallest absolute Gasteiger partial charge is 0.336 e. The summed E-state index contributed by atoms with van der Waals surface area (Å²) in [5, 5.41) is 3.32. The predicted molar refractivity (Wildman–Crippen MR) is 105 cm³/mol. The number of halogens is 1.